The van der Waals surface area contributed by atoms with Crippen LogP contribution in [0.15, 0.2) is 42.5 Å². The summed E-state index contributed by atoms with van der Waals surface area (Å²) in [6, 6.07) is 13.5. The van der Waals surface area contributed by atoms with Gasteiger partial charge in [-0.2, -0.15) is 0 Å². The Morgan fingerprint density at radius 3 is 2.45 bits per heavy atom. The summed E-state index contributed by atoms with van der Waals surface area (Å²) >= 11 is 12.1. The van der Waals surface area contributed by atoms with Crippen molar-refractivity contribution in [1.82, 2.24) is 9.97 Å². The fourth-order valence-electron chi connectivity index (χ4n) is 2.78. The second-order valence-electron chi connectivity index (χ2n) is 5.14. The molecule has 0 amide bonds. The van der Waals surface area contributed by atoms with Gasteiger partial charge in [0, 0.05) is 26.3 Å². The highest BCUT2D eigenvalue weighted by atomic mass is 35.5. The molecule has 3 nitrogen and oxygen atoms in total. The standard InChI is InChI=1S/C17H12Cl2N2O/c1-22-17-12-4-2-11(19)8-14(12)21-16(17)15-7-9-6-10(18)3-5-13(9)20-15/h2-8,20-21H,1H3. The van der Waals surface area contributed by atoms with Gasteiger partial charge in [-0.25, -0.2) is 0 Å². The highest BCUT2D eigenvalue weighted by Crippen LogP contribution is 2.38. The third kappa shape index (κ3) is 2.05. The van der Waals surface area contributed by atoms with Gasteiger partial charge in [-0.1, -0.05) is 23.2 Å². The lowest BCUT2D eigenvalue weighted by atomic mass is 10.2. The molecule has 110 valence electrons. The van der Waals surface area contributed by atoms with Crippen molar-refractivity contribution in [2.24, 2.45) is 0 Å². The molecule has 0 saturated heterocycles. The molecule has 22 heavy (non-hydrogen) atoms. The zero-order chi connectivity index (χ0) is 15.3. The van der Waals surface area contributed by atoms with Crippen LogP contribution in [0.1, 0.15) is 0 Å². The first-order chi connectivity index (χ1) is 10.7. The van der Waals surface area contributed by atoms with Crippen LogP contribution in [0.4, 0.5) is 0 Å². The maximum Gasteiger partial charge on any atom is 0.153 e. The van der Waals surface area contributed by atoms with E-state index in [2.05, 4.69) is 16.0 Å². The van der Waals surface area contributed by atoms with Crippen molar-refractivity contribution in [1.29, 1.82) is 0 Å². The Bertz CT molecular complexity index is 1000. The third-order valence-corrected chi connectivity index (χ3v) is 4.24. The molecule has 0 atom stereocenters. The number of benzene rings is 2. The average molecular weight is 331 g/mol. The maximum absolute atomic E-state index is 6.07. The molecule has 0 aliphatic carbocycles. The number of ether oxygens (including phenoxy) is 1. The van der Waals surface area contributed by atoms with E-state index in [-0.39, 0.29) is 0 Å². The van der Waals surface area contributed by atoms with Gasteiger partial charge in [0.2, 0.25) is 0 Å². The van der Waals surface area contributed by atoms with E-state index in [1.54, 1.807) is 7.11 Å². The first kappa shape index (κ1) is 13.6. The lowest BCUT2D eigenvalue weighted by Crippen LogP contribution is -1.85. The van der Waals surface area contributed by atoms with Gasteiger partial charge in [0.1, 0.15) is 5.69 Å². The highest BCUT2D eigenvalue weighted by molar-refractivity contribution is 6.31. The number of H-pyrrole nitrogens is 2. The van der Waals surface area contributed by atoms with E-state index in [1.165, 1.54) is 0 Å². The normalized spacial score (nSPS) is 11.4. The van der Waals surface area contributed by atoms with E-state index in [0.29, 0.717) is 10.0 Å². The summed E-state index contributed by atoms with van der Waals surface area (Å²) in [6.07, 6.45) is 0. The van der Waals surface area contributed by atoms with Crippen LogP contribution in [0.25, 0.3) is 33.2 Å². The van der Waals surface area contributed by atoms with Crippen molar-refractivity contribution in [3.63, 3.8) is 0 Å². The lowest BCUT2D eigenvalue weighted by molar-refractivity contribution is 0.421. The minimum absolute atomic E-state index is 0.686. The largest absolute Gasteiger partial charge is 0.494 e. The third-order valence-electron chi connectivity index (χ3n) is 3.77. The van der Waals surface area contributed by atoms with Gasteiger partial charge in [-0.15, -0.1) is 0 Å². The van der Waals surface area contributed by atoms with Crippen LogP contribution in [-0.2, 0) is 0 Å². The molecule has 0 fully saturated rings. The number of halogens is 2. The zero-order valence-electron chi connectivity index (χ0n) is 11.7. The Hall–Kier alpha value is -2.10. The SMILES string of the molecule is COc1c(-c2cc3cc(Cl)ccc3[nH]2)[nH]c2cc(Cl)ccc12. The van der Waals surface area contributed by atoms with Gasteiger partial charge in [-0.3, -0.25) is 0 Å². The van der Waals surface area contributed by atoms with E-state index in [1.807, 2.05) is 36.4 Å². The second-order valence-corrected chi connectivity index (χ2v) is 6.01. The highest BCUT2D eigenvalue weighted by Gasteiger charge is 2.16. The summed E-state index contributed by atoms with van der Waals surface area (Å²) in [7, 11) is 1.67. The number of aromatic nitrogens is 2. The van der Waals surface area contributed by atoms with Crippen molar-refractivity contribution in [2.75, 3.05) is 7.11 Å². The van der Waals surface area contributed by atoms with Gasteiger partial charge >= 0.3 is 0 Å². The second kappa shape index (κ2) is 4.97. The van der Waals surface area contributed by atoms with Crippen molar-refractivity contribution in [3.8, 4) is 17.1 Å². The van der Waals surface area contributed by atoms with Crippen LogP contribution in [0.2, 0.25) is 10.0 Å². The van der Waals surface area contributed by atoms with E-state index < -0.39 is 0 Å². The van der Waals surface area contributed by atoms with E-state index in [9.17, 15) is 0 Å². The molecule has 2 N–H and O–H groups in total. The molecule has 0 radical (unpaired) electrons. The number of nitrogens with one attached hydrogen (secondary N) is 2. The van der Waals surface area contributed by atoms with Gasteiger partial charge < -0.3 is 14.7 Å². The van der Waals surface area contributed by atoms with Gasteiger partial charge in [0.25, 0.3) is 0 Å². The van der Waals surface area contributed by atoms with Crippen LogP contribution in [0.5, 0.6) is 5.75 Å². The Kier molecular flexibility index (Phi) is 3.06. The Morgan fingerprint density at radius 2 is 1.64 bits per heavy atom. The summed E-state index contributed by atoms with van der Waals surface area (Å²) in [5, 5.41) is 3.46. The fourth-order valence-corrected chi connectivity index (χ4v) is 3.14. The minimum Gasteiger partial charge on any atom is -0.494 e. The molecule has 4 aromatic rings. The van der Waals surface area contributed by atoms with Crippen LogP contribution >= 0.6 is 23.2 Å². The number of aromatic amines is 2. The molecular weight excluding hydrogens is 319 g/mol. The van der Waals surface area contributed by atoms with Crippen molar-refractivity contribution >= 4 is 45.0 Å². The van der Waals surface area contributed by atoms with E-state index in [4.69, 9.17) is 27.9 Å². The molecule has 0 unspecified atom stereocenters. The van der Waals surface area contributed by atoms with Crippen molar-refractivity contribution in [2.45, 2.75) is 0 Å². The average Bonchev–Trinajstić information content (AvgIpc) is 3.06. The summed E-state index contributed by atoms with van der Waals surface area (Å²) < 4.78 is 5.59. The molecule has 4 rings (SSSR count). The monoisotopic (exact) mass is 330 g/mol. The molecule has 0 aliphatic heterocycles. The molecular formula is C17H12Cl2N2O. The Labute approximate surface area is 136 Å². The fraction of sp³-hybridized carbons (Fsp3) is 0.0588. The summed E-state index contributed by atoms with van der Waals surface area (Å²) in [5.41, 5.74) is 3.81. The molecule has 2 aromatic heterocycles. The number of rotatable bonds is 2. The Morgan fingerprint density at radius 1 is 0.864 bits per heavy atom. The molecule has 0 saturated carbocycles. The number of fused-ring (bicyclic) bond motifs is 2. The summed E-state index contributed by atoms with van der Waals surface area (Å²) in [4.78, 5) is 6.76. The molecule has 0 spiro atoms. The van der Waals surface area contributed by atoms with Crippen molar-refractivity contribution < 1.29 is 4.74 Å². The predicted octanol–water partition coefficient (Wildman–Crippen LogP) is 5.63. The predicted molar refractivity (Wildman–Crippen MR) is 92.2 cm³/mol. The Balaban J connectivity index is 1.98. The summed E-state index contributed by atoms with van der Waals surface area (Å²) in [5.74, 6) is 0.796. The number of methoxy groups -OCH3 is 1. The van der Waals surface area contributed by atoms with Crippen LogP contribution in [-0.4, -0.2) is 17.1 Å². The van der Waals surface area contributed by atoms with Crippen LogP contribution in [0.3, 0.4) is 0 Å². The smallest absolute Gasteiger partial charge is 0.153 e. The van der Waals surface area contributed by atoms with Gasteiger partial charge in [0.15, 0.2) is 5.75 Å². The molecule has 0 aliphatic rings. The van der Waals surface area contributed by atoms with E-state index >= 15 is 0 Å². The molecule has 5 heteroatoms. The zero-order valence-corrected chi connectivity index (χ0v) is 13.2. The summed E-state index contributed by atoms with van der Waals surface area (Å²) in [6.45, 7) is 0. The minimum atomic E-state index is 0.686. The number of hydrogen-bond acceptors (Lipinski definition) is 1. The van der Waals surface area contributed by atoms with Crippen LogP contribution < -0.4 is 4.74 Å². The van der Waals surface area contributed by atoms with Gasteiger partial charge in [-0.05, 0) is 42.5 Å². The maximum atomic E-state index is 6.07. The first-order valence-corrected chi connectivity index (χ1v) is 7.55. The lowest BCUT2D eigenvalue weighted by Gasteiger charge is -2.01. The molecule has 0 bridgehead atoms. The van der Waals surface area contributed by atoms with Gasteiger partial charge in [0.05, 0.1) is 18.3 Å². The first-order valence-electron chi connectivity index (χ1n) is 6.79. The molecule has 2 aromatic carbocycles. The molecule has 2 heterocycles. The van der Waals surface area contributed by atoms with Crippen molar-refractivity contribution in [3.05, 3.63) is 52.5 Å². The quantitative estimate of drug-likeness (QED) is 0.491. The number of hydrogen-bond donors (Lipinski definition) is 2. The topological polar surface area (TPSA) is 40.8 Å². The van der Waals surface area contributed by atoms with Crippen LogP contribution in [0, 0.1) is 0 Å². The van der Waals surface area contributed by atoms with E-state index in [0.717, 1.165) is 38.9 Å².